The van der Waals surface area contributed by atoms with Gasteiger partial charge in [-0.2, -0.15) is 0 Å². The van der Waals surface area contributed by atoms with Crippen molar-refractivity contribution in [2.45, 2.75) is 38.2 Å². The Bertz CT molecular complexity index is 380. The number of nitrogens with two attached hydrogens (primary N) is 1. The van der Waals surface area contributed by atoms with Crippen molar-refractivity contribution in [3.8, 4) is 0 Å². The Balaban J connectivity index is 2.18. The highest BCUT2D eigenvalue weighted by Crippen LogP contribution is 2.35. The maximum Gasteiger partial charge on any atom is 0.159 e. The number of anilines is 1. The number of hydrogen-bond donors (Lipinski definition) is 1. The second kappa shape index (κ2) is 5.78. The van der Waals surface area contributed by atoms with E-state index in [0.29, 0.717) is 17.6 Å². The monoisotopic (exact) mass is 299 g/mol. The lowest BCUT2D eigenvalue weighted by atomic mass is 9.85. The molecule has 4 nitrogen and oxygen atoms in total. The molecular formula is C12H18BrN3O. The summed E-state index contributed by atoms with van der Waals surface area (Å²) in [6, 6.07) is 0. The van der Waals surface area contributed by atoms with E-state index in [4.69, 9.17) is 10.5 Å². The smallest absolute Gasteiger partial charge is 0.159 e. The van der Waals surface area contributed by atoms with Crippen LogP contribution >= 0.6 is 15.9 Å². The van der Waals surface area contributed by atoms with Gasteiger partial charge in [-0.15, -0.1) is 0 Å². The molecule has 1 heterocycles. The number of aromatic nitrogens is 2. The van der Waals surface area contributed by atoms with Gasteiger partial charge in [-0.05, 0) is 34.7 Å². The van der Waals surface area contributed by atoms with E-state index in [9.17, 15) is 0 Å². The predicted octanol–water partition coefficient (Wildman–Crippen LogP) is 3.09. The SMILES string of the molecule is COC(c1ncc(Br)c(N)n1)C1CCCCC1. The lowest BCUT2D eigenvalue weighted by Gasteiger charge is -2.28. The number of halogens is 1. The fraction of sp³-hybridized carbons (Fsp3) is 0.667. The minimum atomic E-state index is -0.0225. The van der Waals surface area contributed by atoms with Crippen LogP contribution in [0.15, 0.2) is 10.7 Å². The van der Waals surface area contributed by atoms with Crippen LogP contribution in [0.5, 0.6) is 0 Å². The summed E-state index contributed by atoms with van der Waals surface area (Å²) < 4.78 is 6.31. The number of ether oxygens (including phenoxy) is 1. The van der Waals surface area contributed by atoms with Gasteiger partial charge in [-0.25, -0.2) is 9.97 Å². The third kappa shape index (κ3) is 2.96. The minimum Gasteiger partial charge on any atom is -0.383 e. The van der Waals surface area contributed by atoms with E-state index < -0.39 is 0 Å². The molecule has 0 aromatic carbocycles. The number of rotatable bonds is 3. The molecule has 0 radical (unpaired) electrons. The Morgan fingerprint density at radius 1 is 1.41 bits per heavy atom. The van der Waals surface area contributed by atoms with Gasteiger partial charge >= 0.3 is 0 Å². The molecule has 2 N–H and O–H groups in total. The topological polar surface area (TPSA) is 61.0 Å². The molecule has 1 aromatic rings. The summed E-state index contributed by atoms with van der Waals surface area (Å²) in [7, 11) is 1.72. The lowest BCUT2D eigenvalue weighted by molar-refractivity contribution is 0.0290. The molecule has 0 bridgehead atoms. The van der Waals surface area contributed by atoms with Crippen LogP contribution in [0.25, 0.3) is 0 Å². The van der Waals surface area contributed by atoms with E-state index in [1.54, 1.807) is 13.3 Å². The van der Waals surface area contributed by atoms with Crippen LogP contribution in [0.4, 0.5) is 5.82 Å². The molecule has 94 valence electrons. The van der Waals surface area contributed by atoms with Crippen molar-refractivity contribution in [3.63, 3.8) is 0 Å². The van der Waals surface area contributed by atoms with Gasteiger partial charge in [0.2, 0.25) is 0 Å². The molecule has 1 saturated carbocycles. The maximum atomic E-state index is 5.79. The van der Waals surface area contributed by atoms with Crippen molar-refractivity contribution in [1.29, 1.82) is 0 Å². The molecule has 2 rings (SSSR count). The summed E-state index contributed by atoms with van der Waals surface area (Å²) in [6.07, 6.45) is 7.94. The average Bonchev–Trinajstić information content (AvgIpc) is 2.36. The highest BCUT2D eigenvalue weighted by molar-refractivity contribution is 9.10. The molecule has 1 aliphatic rings. The Hall–Kier alpha value is -0.680. The van der Waals surface area contributed by atoms with Gasteiger partial charge in [0, 0.05) is 13.3 Å². The van der Waals surface area contributed by atoms with Crippen molar-refractivity contribution in [1.82, 2.24) is 9.97 Å². The normalized spacial score (nSPS) is 19.2. The average molecular weight is 300 g/mol. The summed E-state index contributed by atoms with van der Waals surface area (Å²) in [4.78, 5) is 8.64. The van der Waals surface area contributed by atoms with Crippen molar-refractivity contribution < 1.29 is 4.74 Å². The Morgan fingerprint density at radius 3 is 2.71 bits per heavy atom. The van der Waals surface area contributed by atoms with E-state index in [1.165, 1.54) is 32.1 Å². The Morgan fingerprint density at radius 2 is 2.12 bits per heavy atom. The molecule has 5 heteroatoms. The van der Waals surface area contributed by atoms with Crippen molar-refractivity contribution in [2.75, 3.05) is 12.8 Å². The van der Waals surface area contributed by atoms with Crippen LogP contribution in [0.1, 0.15) is 44.0 Å². The number of nitrogens with zero attached hydrogens (tertiary/aromatic N) is 2. The van der Waals surface area contributed by atoms with Crippen molar-refractivity contribution in [2.24, 2.45) is 5.92 Å². The highest BCUT2D eigenvalue weighted by Gasteiger charge is 2.27. The van der Waals surface area contributed by atoms with Gasteiger partial charge in [0.05, 0.1) is 4.47 Å². The molecule has 1 atom stereocenters. The first-order chi connectivity index (χ1) is 8.22. The van der Waals surface area contributed by atoms with E-state index in [2.05, 4.69) is 25.9 Å². The first-order valence-corrected chi connectivity index (χ1v) is 6.82. The summed E-state index contributed by atoms with van der Waals surface area (Å²) in [5, 5.41) is 0. The Labute approximate surface area is 110 Å². The second-order valence-corrected chi connectivity index (χ2v) is 5.37. The molecule has 0 saturated heterocycles. The van der Waals surface area contributed by atoms with Gasteiger partial charge in [0.1, 0.15) is 11.9 Å². The molecule has 1 aliphatic carbocycles. The Kier molecular flexibility index (Phi) is 4.34. The standard InChI is InChI=1S/C12H18BrN3O/c1-17-10(8-5-3-2-4-6-8)12-15-7-9(13)11(14)16-12/h7-8,10H,2-6H2,1H3,(H2,14,15,16). The molecule has 0 spiro atoms. The van der Waals surface area contributed by atoms with Crippen LogP contribution in [-0.4, -0.2) is 17.1 Å². The van der Waals surface area contributed by atoms with Crippen LogP contribution < -0.4 is 5.73 Å². The second-order valence-electron chi connectivity index (χ2n) is 4.52. The number of nitrogen functional groups attached to an aromatic ring is 1. The minimum absolute atomic E-state index is 0.0225. The lowest BCUT2D eigenvalue weighted by Crippen LogP contribution is -2.20. The zero-order valence-corrected chi connectivity index (χ0v) is 11.6. The van der Waals surface area contributed by atoms with Crippen molar-refractivity contribution >= 4 is 21.7 Å². The molecule has 0 amide bonds. The molecule has 0 aliphatic heterocycles. The van der Waals surface area contributed by atoms with Gasteiger partial charge in [0.25, 0.3) is 0 Å². The van der Waals surface area contributed by atoms with E-state index in [0.717, 1.165) is 4.47 Å². The quantitative estimate of drug-likeness (QED) is 0.932. The predicted molar refractivity (Wildman–Crippen MR) is 70.5 cm³/mol. The molecule has 17 heavy (non-hydrogen) atoms. The van der Waals surface area contributed by atoms with Crippen LogP contribution in [-0.2, 0) is 4.74 Å². The van der Waals surface area contributed by atoms with Crippen LogP contribution in [0, 0.1) is 5.92 Å². The van der Waals surface area contributed by atoms with Gasteiger partial charge in [-0.3, -0.25) is 0 Å². The zero-order valence-electron chi connectivity index (χ0n) is 10.0. The molecule has 1 unspecified atom stereocenters. The fourth-order valence-electron chi connectivity index (χ4n) is 2.48. The largest absolute Gasteiger partial charge is 0.383 e. The summed E-state index contributed by atoms with van der Waals surface area (Å²) in [6.45, 7) is 0. The van der Waals surface area contributed by atoms with Crippen LogP contribution in [0.2, 0.25) is 0 Å². The van der Waals surface area contributed by atoms with E-state index in [1.807, 2.05) is 0 Å². The zero-order chi connectivity index (χ0) is 12.3. The summed E-state index contributed by atoms with van der Waals surface area (Å²) in [5.74, 6) is 1.71. The third-order valence-corrected chi connectivity index (χ3v) is 3.99. The van der Waals surface area contributed by atoms with Gasteiger partial charge < -0.3 is 10.5 Å². The van der Waals surface area contributed by atoms with Gasteiger partial charge in [-0.1, -0.05) is 19.3 Å². The summed E-state index contributed by atoms with van der Waals surface area (Å²) in [5.41, 5.74) is 5.79. The number of methoxy groups -OCH3 is 1. The molecule has 1 fully saturated rings. The van der Waals surface area contributed by atoms with Gasteiger partial charge in [0.15, 0.2) is 5.82 Å². The maximum absolute atomic E-state index is 5.79. The molecule has 1 aromatic heterocycles. The highest BCUT2D eigenvalue weighted by atomic mass is 79.9. The van der Waals surface area contributed by atoms with E-state index in [-0.39, 0.29) is 6.10 Å². The van der Waals surface area contributed by atoms with Crippen molar-refractivity contribution in [3.05, 3.63) is 16.5 Å². The summed E-state index contributed by atoms with van der Waals surface area (Å²) >= 11 is 3.31. The van der Waals surface area contributed by atoms with Crippen LogP contribution in [0.3, 0.4) is 0 Å². The van der Waals surface area contributed by atoms with E-state index >= 15 is 0 Å². The number of hydrogen-bond acceptors (Lipinski definition) is 4. The fourth-order valence-corrected chi connectivity index (χ4v) is 2.67. The molecular weight excluding hydrogens is 282 g/mol. The third-order valence-electron chi connectivity index (χ3n) is 3.38. The first kappa shape index (κ1) is 12.8. The first-order valence-electron chi connectivity index (χ1n) is 6.03.